The Bertz CT molecular complexity index is 809. The fourth-order valence-electron chi connectivity index (χ4n) is 3.43. The number of nitrogens with two attached hydrogens (primary N) is 1. The lowest BCUT2D eigenvalue weighted by Crippen LogP contribution is -2.36. The topological polar surface area (TPSA) is 38.9 Å². The molecule has 1 unspecified atom stereocenters. The van der Waals surface area contributed by atoms with E-state index in [9.17, 15) is 0 Å². The molecule has 0 saturated heterocycles. The average Bonchev–Trinajstić information content (AvgIpc) is 2.85. The molecule has 2 nitrogen and oxygen atoms in total. The Balaban J connectivity index is 1.71. The molecule has 0 spiro atoms. The van der Waals surface area contributed by atoms with Crippen LogP contribution in [-0.4, -0.2) is 4.98 Å². The molecule has 2 aromatic carbocycles. The molecule has 0 radical (unpaired) electrons. The second kappa shape index (κ2) is 4.68. The van der Waals surface area contributed by atoms with Crippen LogP contribution in [0.15, 0.2) is 60.7 Å². The van der Waals surface area contributed by atoms with Gasteiger partial charge < -0.3 is 5.73 Å². The standard InChI is InChI=1S/C19H18N2/c20-19(12-11-14-5-1-3-7-17(14)19)13-16-10-9-15-6-2-4-8-18(15)21-16/h1-10H,11-13,20H2. The van der Waals surface area contributed by atoms with E-state index in [1.807, 2.05) is 12.1 Å². The number of hydrogen-bond donors (Lipinski definition) is 1. The van der Waals surface area contributed by atoms with E-state index in [1.54, 1.807) is 0 Å². The molecule has 0 aliphatic heterocycles. The van der Waals surface area contributed by atoms with Gasteiger partial charge >= 0.3 is 0 Å². The molecule has 0 bridgehead atoms. The smallest absolute Gasteiger partial charge is 0.0705 e. The van der Waals surface area contributed by atoms with Gasteiger partial charge in [0.2, 0.25) is 0 Å². The molecule has 0 saturated carbocycles. The number of aryl methyl sites for hydroxylation is 1. The minimum atomic E-state index is -0.272. The van der Waals surface area contributed by atoms with Gasteiger partial charge in [-0.3, -0.25) is 4.98 Å². The third kappa shape index (κ3) is 2.12. The van der Waals surface area contributed by atoms with Gasteiger partial charge in [-0.25, -0.2) is 0 Å². The number of hydrogen-bond acceptors (Lipinski definition) is 2. The minimum absolute atomic E-state index is 0.272. The van der Waals surface area contributed by atoms with Crippen molar-refractivity contribution < 1.29 is 0 Å². The van der Waals surface area contributed by atoms with Crippen molar-refractivity contribution >= 4 is 10.9 Å². The fourth-order valence-corrected chi connectivity index (χ4v) is 3.43. The van der Waals surface area contributed by atoms with Crippen LogP contribution in [0.5, 0.6) is 0 Å². The zero-order valence-corrected chi connectivity index (χ0v) is 11.9. The Hall–Kier alpha value is -2.19. The lowest BCUT2D eigenvalue weighted by Gasteiger charge is -2.25. The highest BCUT2D eigenvalue weighted by Gasteiger charge is 2.35. The van der Waals surface area contributed by atoms with Crippen LogP contribution >= 0.6 is 0 Å². The minimum Gasteiger partial charge on any atom is -0.321 e. The van der Waals surface area contributed by atoms with E-state index < -0.39 is 0 Å². The Kier molecular flexibility index (Phi) is 2.79. The van der Waals surface area contributed by atoms with Crippen molar-refractivity contribution in [1.82, 2.24) is 4.98 Å². The van der Waals surface area contributed by atoms with E-state index in [1.165, 1.54) is 16.5 Å². The Morgan fingerprint density at radius 1 is 0.952 bits per heavy atom. The summed E-state index contributed by atoms with van der Waals surface area (Å²) >= 11 is 0. The highest BCUT2D eigenvalue weighted by Crippen LogP contribution is 2.37. The number of fused-ring (bicyclic) bond motifs is 2. The molecule has 3 aromatic rings. The zero-order valence-electron chi connectivity index (χ0n) is 11.9. The molecule has 1 aromatic heterocycles. The average molecular weight is 274 g/mol. The first-order valence-corrected chi connectivity index (χ1v) is 7.47. The van der Waals surface area contributed by atoms with E-state index in [0.717, 1.165) is 30.5 Å². The van der Waals surface area contributed by atoms with Crippen molar-refractivity contribution in [3.05, 3.63) is 77.5 Å². The van der Waals surface area contributed by atoms with Gasteiger partial charge in [0.15, 0.2) is 0 Å². The van der Waals surface area contributed by atoms with E-state index in [-0.39, 0.29) is 5.54 Å². The second-order valence-electron chi connectivity index (χ2n) is 5.99. The molecule has 1 aliphatic rings. The number of aromatic nitrogens is 1. The van der Waals surface area contributed by atoms with Gasteiger partial charge in [-0.1, -0.05) is 48.5 Å². The third-order valence-electron chi connectivity index (χ3n) is 4.55. The van der Waals surface area contributed by atoms with E-state index in [4.69, 9.17) is 10.7 Å². The van der Waals surface area contributed by atoms with Crippen LogP contribution in [0, 0.1) is 0 Å². The van der Waals surface area contributed by atoms with E-state index in [0.29, 0.717) is 0 Å². The molecule has 4 rings (SSSR count). The predicted octanol–water partition coefficient (Wildman–Crippen LogP) is 3.58. The molecule has 2 heteroatoms. The van der Waals surface area contributed by atoms with Gasteiger partial charge in [-0.05, 0) is 36.1 Å². The molecule has 1 aliphatic carbocycles. The number of pyridine rings is 1. The van der Waals surface area contributed by atoms with Gasteiger partial charge in [0.1, 0.15) is 0 Å². The maximum atomic E-state index is 6.71. The molecule has 21 heavy (non-hydrogen) atoms. The maximum absolute atomic E-state index is 6.71. The Labute approximate surface area is 124 Å². The number of nitrogens with zero attached hydrogens (tertiary/aromatic N) is 1. The first-order chi connectivity index (χ1) is 10.2. The predicted molar refractivity (Wildman–Crippen MR) is 86.1 cm³/mol. The molecular formula is C19H18N2. The van der Waals surface area contributed by atoms with Crippen molar-refractivity contribution in [2.75, 3.05) is 0 Å². The summed E-state index contributed by atoms with van der Waals surface area (Å²) in [7, 11) is 0. The summed E-state index contributed by atoms with van der Waals surface area (Å²) in [5.41, 5.74) is 11.2. The largest absolute Gasteiger partial charge is 0.321 e. The van der Waals surface area contributed by atoms with Crippen LogP contribution in [-0.2, 0) is 18.4 Å². The molecule has 0 amide bonds. The first-order valence-electron chi connectivity index (χ1n) is 7.47. The van der Waals surface area contributed by atoms with Crippen molar-refractivity contribution in [2.45, 2.75) is 24.8 Å². The summed E-state index contributed by atoms with van der Waals surface area (Å²) in [6.07, 6.45) is 2.87. The Morgan fingerprint density at radius 2 is 1.76 bits per heavy atom. The zero-order chi connectivity index (χ0) is 14.3. The molecular weight excluding hydrogens is 256 g/mol. The van der Waals surface area contributed by atoms with Crippen LogP contribution in [0.25, 0.3) is 10.9 Å². The highest BCUT2D eigenvalue weighted by atomic mass is 14.8. The summed E-state index contributed by atoms with van der Waals surface area (Å²) in [5, 5.41) is 1.18. The Morgan fingerprint density at radius 3 is 2.71 bits per heavy atom. The van der Waals surface area contributed by atoms with Gasteiger partial charge in [-0.15, -0.1) is 0 Å². The van der Waals surface area contributed by atoms with Gasteiger partial charge in [0.25, 0.3) is 0 Å². The molecule has 0 fully saturated rings. The SMILES string of the molecule is NC1(Cc2ccc3ccccc3n2)CCc2ccccc21. The van der Waals surface area contributed by atoms with Crippen LogP contribution in [0.1, 0.15) is 23.2 Å². The molecule has 2 N–H and O–H groups in total. The summed E-state index contributed by atoms with van der Waals surface area (Å²) in [6.45, 7) is 0. The lowest BCUT2D eigenvalue weighted by atomic mass is 9.88. The van der Waals surface area contributed by atoms with Crippen LogP contribution in [0.2, 0.25) is 0 Å². The lowest BCUT2D eigenvalue weighted by molar-refractivity contribution is 0.434. The van der Waals surface area contributed by atoms with Gasteiger partial charge in [0, 0.05) is 23.0 Å². The number of benzene rings is 2. The fraction of sp³-hybridized carbons (Fsp3) is 0.211. The van der Waals surface area contributed by atoms with Crippen LogP contribution < -0.4 is 5.73 Å². The van der Waals surface area contributed by atoms with Crippen molar-refractivity contribution in [2.24, 2.45) is 5.73 Å². The summed E-state index contributed by atoms with van der Waals surface area (Å²) in [5.74, 6) is 0. The van der Waals surface area contributed by atoms with Crippen molar-refractivity contribution in [3.63, 3.8) is 0 Å². The van der Waals surface area contributed by atoms with Crippen molar-refractivity contribution in [3.8, 4) is 0 Å². The molecule has 1 heterocycles. The number of para-hydroxylation sites is 1. The quantitative estimate of drug-likeness (QED) is 0.775. The summed E-state index contributed by atoms with van der Waals surface area (Å²) in [4.78, 5) is 4.78. The number of rotatable bonds is 2. The normalized spacial score (nSPS) is 20.6. The second-order valence-corrected chi connectivity index (χ2v) is 5.99. The van der Waals surface area contributed by atoms with Crippen LogP contribution in [0.3, 0.4) is 0 Å². The first kappa shape index (κ1) is 12.5. The highest BCUT2D eigenvalue weighted by molar-refractivity contribution is 5.78. The monoisotopic (exact) mass is 274 g/mol. The van der Waals surface area contributed by atoms with E-state index >= 15 is 0 Å². The third-order valence-corrected chi connectivity index (χ3v) is 4.55. The molecule has 1 atom stereocenters. The van der Waals surface area contributed by atoms with Crippen LogP contribution in [0.4, 0.5) is 0 Å². The van der Waals surface area contributed by atoms with Gasteiger partial charge in [-0.2, -0.15) is 0 Å². The van der Waals surface area contributed by atoms with Crippen molar-refractivity contribution in [1.29, 1.82) is 0 Å². The maximum Gasteiger partial charge on any atom is 0.0705 e. The van der Waals surface area contributed by atoms with Gasteiger partial charge in [0.05, 0.1) is 5.52 Å². The summed E-state index contributed by atoms with van der Waals surface area (Å²) < 4.78 is 0. The summed E-state index contributed by atoms with van der Waals surface area (Å²) in [6, 6.07) is 21.0. The van der Waals surface area contributed by atoms with E-state index in [2.05, 4.69) is 48.5 Å². The molecule has 104 valence electrons.